The van der Waals surface area contributed by atoms with Crippen LogP contribution >= 0.6 is 0 Å². The molecule has 2 aromatic rings. The molecule has 1 N–H and O–H groups in total. The van der Waals surface area contributed by atoms with Gasteiger partial charge in [0.25, 0.3) is 0 Å². The molecule has 28 heavy (non-hydrogen) atoms. The highest BCUT2D eigenvalue weighted by Crippen LogP contribution is 2.38. The molecule has 1 aromatic heterocycles. The number of hydrogen-bond donors (Lipinski definition) is 1. The van der Waals surface area contributed by atoms with Crippen LogP contribution in [0.3, 0.4) is 0 Å². The Bertz CT molecular complexity index is 894. The maximum Gasteiger partial charge on any atom is 0.244 e. The Balaban J connectivity index is 1.67. The van der Waals surface area contributed by atoms with Crippen LogP contribution in [0.25, 0.3) is 6.08 Å². The van der Waals surface area contributed by atoms with Crippen molar-refractivity contribution in [3.63, 3.8) is 0 Å². The van der Waals surface area contributed by atoms with Gasteiger partial charge in [0, 0.05) is 41.7 Å². The lowest BCUT2D eigenvalue weighted by Crippen LogP contribution is -2.20. The van der Waals surface area contributed by atoms with Crippen LogP contribution in [-0.4, -0.2) is 31.8 Å². The number of aromatic nitrogens is 1. The molecule has 0 radical (unpaired) electrons. The molecule has 150 valence electrons. The Labute approximate surface area is 166 Å². The third-order valence-electron chi connectivity index (χ3n) is 5.09. The van der Waals surface area contributed by atoms with Crippen LogP contribution in [0.15, 0.2) is 24.3 Å². The normalized spacial score (nSPS) is 13.6. The van der Waals surface area contributed by atoms with Crippen LogP contribution in [0.2, 0.25) is 0 Å². The van der Waals surface area contributed by atoms with Gasteiger partial charge in [-0.05, 0) is 50.5 Å². The molecule has 6 nitrogen and oxygen atoms in total. The van der Waals surface area contributed by atoms with Gasteiger partial charge in [0.05, 0.1) is 21.3 Å². The fourth-order valence-corrected chi connectivity index (χ4v) is 3.50. The average molecular weight is 384 g/mol. The molecule has 1 saturated carbocycles. The summed E-state index contributed by atoms with van der Waals surface area (Å²) >= 11 is 0. The van der Waals surface area contributed by atoms with Gasteiger partial charge in [0.15, 0.2) is 11.5 Å². The Morgan fingerprint density at radius 3 is 2.32 bits per heavy atom. The average Bonchev–Trinajstić information content (AvgIpc) is 3.49. The van der Waals surface area contributed by atoms with Crippen molar-refractivity contribution in [1.29, 1.82) is 0 Å². The smallest absolute Gasteiger partial charge is 0.244 e. The first-order chi connectivity index (χ1) is 13.5. The lowest BCUT2D eigenvalue weighted by Gasteiger charge is -2.14. The summed E-state index contributed by atoms with van der Waals surface area (Å²) < 4.78 is 18.4. The minimum atomic E-state index is -0.159. The van der Waals surface area contributed by atoms with Gasteiger partial charge in [0.1, 0.15) is 5.75 Å². The van der Waals surface area contributed by atoms with Crippen molar-refractivity contribution < 1.29 is 19.0 Å². The molecule has 0 unspecified atom stereocenters. The number of carbonyl (C=O) groups is 1. The fraction of sp³-hybridized carbons (Fsp3) is 0.409. The molecule has 0 saturated heterocycles. The van der Waals surface area contributed by atoms with Crippen LogP contribution in [0.5, 0.6) is 17.2 Å². The first kappa shape index (κ1) is 19.9. The molecule has 1 fully saturated rings. The van der Waals surface area contributed by atoms with E-state index in [2.05, 4.69) is 29.8 Å². The van der Waals surface area contributed by atoms with Crippen LogP contribution in [0.1, 0.15) is 41.4 Å². The number of aryl methyl sites for hydroxylation is 1. The minimum Gasteiger partial charge on any atom is -0.496 e. The highest BCUT2D eigenvalue weighted by molar-refractivity contribution is 5.91. The van der Waals surface area contributed by atoms with Crippen LogP contribution < -0.4 is 19.5 Å². The molecule has 3 rings (SSSR count). The van der Waals surface area contributed by atoms with Gasteiger partial charge in [-0.15, -0.1) is 0 Å². The summed E-state index contributed by atoms with van der Waals surface area (Å²) in [7, 11) is 4.74. The molecule has 0 atom stereocenters. The first-order valence-electron chi connectivity index (χ1n) is 9.41. The first-order valence-corrected chi connectivity index (χ1v) is 9.41. The highest BCUT2D eigenvalue weighted by Gasteiger charge is 2.26. The van der Waals surface area contributed by atoms with E-state index in [-0.39, 0.29) is 5.91 Å². The highest BCUT2D eigenvalue weighted by atomic mass is 16.5. The number of rotatable bonds is 8. The molecule has 0 spiro atoms. The molecule has 1 aliphatic carbocycles. The Kier molecular flexibility index (Phi) is 5.97. The van der Waals surface area contributed by atoms with E-state index in [1.165, 1.54) is 24.2 Å². The maximum atomic E-state index is 12.3. The Morgan fingerprint density at radius 2 is 1.71 bits per heavy atom. The van der Waals surface area contributed by atoms with Gasteiger partial charge in [-0.1, -0.05) is 0 Å². The molecule has 1 aliphatic rings. The predicted molar refractivity (Wildman–Crippen MR) is 109 cm³/mol. The third kappa shape index (κ3) is 4.16. The van der Waals surface area contributed by atoms with E-state index in [1.54, 1.807) is 33.5 Å². The molecule has 1 aromatic carbocycles. The van der Waals surface area contributed by atoms with Gasteiger partial charge in [-0.25, -0.2) is 0 Å². The van der Waals surface area contributed by atoms with Gasteiger partial charge in [-0.3, -0.25) is 4.79 Å². The van der Waals surface area contributed by atoms with Gasteiger partial charge < -0.3 is 24.1 Å². The monoisotopic (exact) mass is 384 g/mol. The van der Waals surface area contributed by atoms with E-state index in [9.17, 15) is 4.79 Å². The number of nitrogens with one attached hydrogen (secondary N) is 1. The van der Waals surface area contributed by atoms with Gasteiger partial charge in [0.2, 0.25) is 5.91 Å². The van der Waals surface area contributed by atoms with Crippen LogP contribution in [-0.2, 0) is 11.3 Å². The summed E-state index contributed by atoms with van der Waals surface area (Å²) in [6, 6.07) is 6.33. The zero-order chi connectivity index (χ0) is 20.3. The van der Waals surface area contributed by atoms with Crippen molar-refractivity contribution >= 4 is 12.0 Å². The van der Waals surface area contributed by atoms with Crippen molar-refractivity contribution in [3.05, 3.63) is 46.8 Å². The molecule has 0 bridgehead atoms. The maximum absolute atomic E-state index is 12.3. The summed E-state index contributed by atoms with van der Waals surface area (Å²) in [5.74, 6) is 1.65. The Morgan fingerprint density at radius 1 is 1.07 bits per heavy atom. The summed E-state index contributed by atoms with van der Waals surface area (Å²) in [5.41, 5.74) is 4.36. The van der Waals surface area contributed by atoms with Crippen LogP contribution in [0, 0.1) is 13.8 Å². The zero-order valence-corrected chi connectivity index (χ0v) is 17.2. The summed E-state index contributed by atoms with van der Waals surface area (Å²) in [5, 5.41) is 2.90. The predicted octanol–water partition coefficient (Wildman–Crippen LogP) is 3.80. The number of hydrogen-bond acceptors (Lipinski definition) is 4. The van der Waals surface area contributed by atoms with E-state index in [4.69, 9.17) is 14.2 Å². The number of carbonyl (C=O) groups excluding carboxylic acids is 1. The summed E-state index contributed by atoms with van der Waals surface area (Å²) in [6.07, 6.45) is 5.94. The van der Waals surface area contributed by atoms with Crippen molar-refractivity contribution in [2.45, 2.75) is 39.3 Å². The SMILES string of the molecule is COc1cc(OC)c(OC)cc1CNC(=O)/C=C/c1cc(C)n(C2CC2)c1C. The van der Waals surface area contributed by atoms with E-state index >= 15 is 0 Å². The molecular weight excluding hydrogens is 356 g/mol. The largest absolute Gasteiger partial charge is 0.496 e. The van der Waals surface area contributed by atoms with Crippen LogP contribution in [0.4, 0.5) is 0 Å². The lowest BCUT2D eigenvalue weighted by molar-refractivity contribution is -0.116. The van der Waals surface area contributed by atoms with Gasteiger partial charge in [-0.2, -0.15) is 0 Å². The van der Waals surface area contributed by atoms with Crippen molar-refractivity contribution in [2.24, 2.45) is 0 Å². The second-order valence-electron chi connectivity index (χ2n) is 7.00. The number of amides is 1. The second kappa shape index (κ2) is 8.42. The molecule has 6 heteroatoms. The standard InChI is InChI=1S/C22H28N2O4/c1-14-10-16(15(2)24(14)18-7-8-18)6-9-22(25)23-13-17-11-20(27-4)21(28-5)12-19(17)26-3/h6,9-12,18H,7-8,13H2,1-5H3,(H,23,25)/b9-6+. The van der Waals surface area contributed by atoms with Crippen molar-refractivity contribution in [2.75, 3.05) is 21.3 Å². The number of nitrogens with zero attached hydrogens (tertiary/aromatic N) is 1. The number of benzene rings is 1. The van der Waals surface area contributed by atoms with Crippen molar-refractivity contribution in [3.8, 4) is 17.2 Å². The molecule has 0 aliphatic heterocycles. The third-order valence-corrected chi connectivity index (χ3v) is 5.09. The fourth-order valence-electron chi connectivity index (χ4n) is 3.50. The Hall–Kier alpha value is -2.89. The second-order valence-corrected chi connectivity index (χ2v) is 7.00. The molecular formula is C22H28N2O4. The van der Waals surface area contributed by atoms with E-state index in [1.807, 2.05) is 12.1 Å². The van der Waals surface area contributed by atoms with E-state index in [0.717, 1.165) is 11.1 Å². The minimum absolute atomic E-state index is 0.159. The topological polar surface area (TPSA) is 61.7 Å². The summed E-state index contributed by atoms with van der Waals surface area (Å²) in [4.78, 5) is 12.3. The number of methoxy groups -OCH3 is 3. The molecule has 1 amide bonds. The zero-order valence-electron chi connectivity index (χ0n) is 17.2. The molecule has 1 heterocycles. The quantitative estimate of drug-likeness (QED) is 0.704. The summed E-state index contributed by atoms with van der Waals surface area (Å²) in [6.45, 7) is 4.55. The van der Waals surface area contributed by atoms with Gasteiger partial charge >= 0.3 is 0 Å². The van der Waals surface area contributed by atoms with E-state index in [0.29, 0.717) is 29.8 Å². The lowest BCUT2D eigenvalue weighted by atomic mass is 10.1. The number of ether oxygens (including phenoxy) is 3. The van der Waals surface area contributed by atoms with E-state index < -0.39 is 0 Å². The van der Waals surface area contributed by atoms with Crippen molar-refractivity contribution in [1.82, 2.24) is 9.88 Å².